The molecule has 3 unspecified atom stereocenters. The smallest absolute Gasteiger partial charge is 0.0634 e. The molecule has 4 heteroatoms. The Kier molecular flexibility index (Phi) is 8.00. The van der Waals surface area contributed by atoms with E-state index in [-0.39, 0.29) is 0 Å². The van der Waals surface area contributed by atoms with Crippen LogP contribution in [0.15, 0.2) is 0 Å². The highest BCUT2D eigenvalue weighted by Gasteiger charge is 2.30. The average Bonchev–Trinajstić information content (AvgIpc) is 2.30. The van der Waals surface area contributed by atoms with Gasteiger partial charge in [-0.25, -0.2) is 0 Å². The van der Waals surface area contributed by atoms with Crippen molar-refractivity contribution in [2.24, 2.45) is 0 Å². The van der Waals surface area contributed by atoms with E-state index in [1.54, 1.807) is 0 Å². The van der Waals surface area contributed by atoms with Gasteiger partial charge in [0, 0.05) is 28.0 Å². The van der Waals surface area contributed by atoms with Crippen LogP contribution in [0.3, 0.4) is 0 Å². The summed E-state index contributed by atoms with van der Waals surface area (Å²) in [6, 6.07) is 0.505. The van der Waals surface area contributed by atoms with Crippen LogP contribution in [0.1, 0.15) is 34.1 Å². The minimum absolute atomic E-state index is 0.331. The van der Waals surface area contributed by atoms with Gasteiger partial charge in [-0.2, -0.15) is 23.5 Å². The maximum Gasteiger partial charge on any atom is 0.0634 e. The zero-order valence-electron chi connectivity index (χ0n) is 11.6. The Balaban J connectivity index is 2.47. The molecule has 0 aromatic carbocycles. The van der Waals surface area contributed by atoms with E-state index in [1.165, 1.54) is 17.9 Å². The predicted octanol–water partition coefficient (Wildman–Crippen LogP) is 3.02. The Morgan fingerprint density at radius 3 is 2.59 bits per heavy atom. The van der Waals surface area contributed by atoms with Crippen molar-refractivity contribution in [2.45, 2.75) is 56.8 Å². The van der Waals surface area contributed by atoms with E-state index in [2.05, 4.69) is 56.5 Å². The quantitative estimate of drug-likeness (QED) is 0.772. The van der Waals surface area contributed by atoms with Gasteiger partial charge in [-0.15, -0.1) is 0 Å². The molecule has 1 fully saturated rings. The molecule has 1 rings (SSSR count). The third-order valence-corrected chi connectivity index (χ3v) is 6.15. The first-order valence-electron chi connectivity index (χ1n) is 6.73. The summed E-state index contributed by atoms with van der Waals surface area (Å²) >= 11 is 4.22. The van der Waals surface area contributed by atoms with Gasteiger partial charge in [0.1, 0.15) is 0 Å². The summed E-state index contributed by atoms with van der Waals surface area (Å²) in [4.78, 5) is 0. The van der Waals surface area contributed by atoms with Crippen LogP contribution in [-0.4, -0.2) is 47.3 Å². The minimum Gasteiger partial charge on any atom is -0.377 e. The lowest BCUT2D eigenvalue weighted by Gasteiger charge is -2.35. The summed E-state index contributed by atoms with van der Waals surface area (Å²) in [5, 5.41) is 5.09. The fraction of sp³-hybridized carbons (Fsp3) is 1.00. The fourth-order valence-electron chi connectivity index (χ4n) is 1.99. The molecule has 1 aliphatic rings. The molecule has 0 amide bonds. The van der Waals surface area contributed by atoms with Gasteiger partial charge < -0.3 is 10.1 Å². The van der Waals surface area contributed by atoms with E-state index in [0.29, 0.717) is 17.4 Å². The normalized spacial score (nSPS) is 27.4. The number of hydrogen-bond acceptors (Lipinski definition) is 4. The molecule has 1 saturated heterocycles. The second-order valence-electron chi connectivity index (χ2n) is 4.85. The van der Waals surface area contributed by atoms with E-state index >= 15 is 0 Å². The highest BCUT2D eigenvalue weighted by molar-refractivity contribution is 8.07. The Labute approximate surface area is 115 Å². The molecule has 0 aromatic heterocycles. The maximum atomic E-state index is 5.82. The van der Waals surface area contributed by atoms with E-state index in [0.717, 1.165) is 18.4 Å². The monoisotopic (exact) mass is 277 g/mol. The summed E-state index contributed by atoms with van der Waals surface area (Å²) in [6.07, 6.45) is 1.52. The van der Waals surface area contributed by atoms with Crippen LogP contribution >= 0.6 is 23.5 Å². The molecule has 0 aromatic rings. The van der Waals surface area contributed by atoms with Gasteiger partial charge in [-0.1, -0.05) is 13.8 Å². The van der Waals surface area contributed by atoms with Gasteiger partial charge in [-0.05, 0) is 26.8 Å². The highest BCUT2D eigenvalue weighted by atomic mass is 32.2. The third-order valence-electron chi connectivity index (χ3n) is 2.90. The fourth-order valence-corrected chi connectivity index (χ4v) is 4.93. The van der Waals surface area contributed by atoms with Crippen molar-refractivity contribution in [1.29, 1.82) is 0 Å². The third kappa shape index (κ3) is 5.86. The first kappa shape index (κ1) is 15.7. The lowest BCUT2D eigenvalue weighted by Crippen LogP contribution is -2.47. The lowest BCUT2D eigenvalue weighted by atomic mass is 10.1. The van der Waals surface area contributed by atoms with Gasteiger partial charge >= 0.3 is 0 Å². The number of thioether (sulfide) groups is 2. The summed E-state index contributed by atoms with van der Waals surface area (Å²) in [5.41, 5.74) is 0. The molecule has 1 heterocycles. The SMILES string of the molecule is CCCNC(COC(C)C)C1SCCSC1C. The molecule has 3 atom stereocenters. The molecule has 0 spiro atoms. The molecule has 0 bridgehead atoms. The van der Waals surface area contributed by atoms with Crippen molar-refractivity contribution in [1.82, 2.24) is 5.32 Å². The Hall–Kier alpha value is 0.620. The highest BCUT2D eigenvalue weighted by Crippen LogP contribution is 2.33. The molecule has 1 aliphatic heterocycles. The Morgan fingerprint density at radius 2 is 2.00 bits per heavy atom. The first-order chi connectivity index (χ1) is 8.15. The van der Waals surface area contributed by atoms with Gasteiger partial charge in [0.25, 0.3) is 0 Å². The van der Waals surface area contributed by atoms with Crippen LogP contribution in [0.2, 0.25) is 0 Å². The van der Waals surface area contributed by atoms with Crippen molar-refractivity contribution in [3.05, 3.63) is 0 Å². The molecule has 17 heavy (non-hydrogen) atoms. The zero-order valence-corrected chi connectivity index (χ0v) is 13.2. The molecule has 2 nitrogen and oxygen atoms in total. The minimum atomic E-state index is 0.331. The van der Waals surface area contributed by atoms with Crippen molar-refractivity contribution in [3.63, 3.8) is 0 Å². The lowest BCUT2D eigenvalue weighted by molar-refractivity contribution is 0.0608. The van der Waals surface area contributed by atoms with Crippen molar-refractivity contribution in [2.75, 3.05) is 24.7 Å². The van der Waals surface area contributed by atoms with Gasteiger partial charge in [0.05, 0.1) is 12.7 Å². The average molecular weight is 277 g/mol. The van der Waals surface area contributed by atoms with Crippen molar-refractivity contribution >= 4 is 23.5 Å². The summed E-state index contributed by atoms with van der Waals surface area (Å²) < 4.78 is 5.82. The van der Waals surface area contributed by atoms with E-state index in [4.69, 9.17) is 4.74 Å². The largest absolute Gasteiger partial charge is 0.377 e. The Bertz CT molecular complexity index is 202. The molecular formula is C13H27NOS2. The molecular weight excluding hydrogens is 250 g/mol. The molecule has 0 aliphatic carbocycles. The zero-order chi connectivity index (χ0) is 12.7. The number of hydrogen-bond donors (Lipinski definition) is 1. The van der Waals surface area contributed by atoms with Crippen LogP contribution in [0, 0.1) is 0 Å². The van der Waals surface area contributed by atoms with Crippen LogP contribution in [-0.2, 0) is 4.74 Å². The molecule has 0 radical (unpaired) electrons. The van der Waals surface area contributed by atoms with Crippen molar-refractivity contribution < 1.29 is 4.74 Å². The van der Waals surface area contributed by atoms with E-state index < -0.39 is 0 Å². The van der Waals surface area contributed by atoms with E-state index in [1.807, 2.05) is 0 Å². The summed E-state index contributed by atoms with van der Waals surface area (Å²) in [6.45, 7) is 10.8. The predicted molar refractivity (Wildman–Crippen MR) is 81.3 cm³/mol. The number of nitrogens with one attached hydrogen (secondary N) is 1. The van der Waals surface area contributed by atoms with Crippen LogP contribution in [0.5, 0.6) is 0 Å². The maximum absolute atomic E-state index is 5.82. The second-order valence-corrected chi connectivity index (χ2v) is 7.63. The topological polar surface area (TPSA) is 21.3 Å². The molecule has 102 valence electrons. The van der Waals surface area contributed by atoms with E-state index in [9.17, 15) is 0 Å². The van der Waals surface area contributed by atoms with Crippen LogP contribution in [0.25, 0.3) is 0 Å². The van der Waals surface area contributed by atoms with Crippen LogP contribution in [0.4, 0.5) is 0 Å². The summed E-state index contributed by atoms with van der Waals surface area (Å²) in [7, 11) is 0. The van der Waals surface area contributed by atoms with Crippen molar-refractivity contribution in [3.8, 4) is 0 Å². The molecule has 1 N–H and O–H groups in total. The standard InChI is InChI=1S/C13H27NOS2/c1-5-6-14-12(9-15-10(2)3)13-11(4)16-7-8-17-13/h10-14H,5-9H2,1-4H3. The summed E-state index contributed by atoms with van der Waals surface area (Å²) in [5.74, 6) is 2.58. The second kappa shape index (κ2) is 8.68. The van der Waals surface area contributed by atoms with Gasteiger partial charge in [0.2, 0.25) is 0 Å². The van der Waals surface area contributed by atoms with Gasteiger partial charge in [-0.3, -0.25) is 0 Å². The Morgan fingerprint density at radius 1 is 1.29 bits per heavy atom. The first-order valence-corrected chi connectivity index (χ1v) is 8.83. The number of ether oxygens (including phenoxy) is 1. The van der Waals surface area contributed by atoms with Crippen LogP contribution < -0.4 is 5.32 Å². The number of rotatable bonds is 7. The van der Waals surface area contributed by atoms with Gasteiger partial charge in [0.15, 0.2) is 0 Å². The molecule has 0 saturated carbocycles.